The molecular weight excluding hydrogens is 394 g/mol. The summed E-state index contributed by atoms with van der Waals surface area (Å²) in [5.41, 5.74) is 1.87. The molecule has 0 spiro atoms. The lowest BCUT2D eigenvalue weighted by molar-refractivity contribution is 0.376. The Morgan fingerprint density at radius 1 is 1.19 bits per heavy atom. The zero-order valence-corrected chi connectivity index (χ0v) is 16.7. The summed E-state index contributed by atoms with van der Waals surface area (Å²) in [7, 11) is -6.83. The molecule has 0 radical (unpaired) electrons. The van der Waals surface area contributed by atoms with Crippen LogP contribution >= 0.6 is 11.3 Å². The van der Waals surface area contributed by atoms with Gasteiger partial charge in [0.1, 0.15) is 6.04 Å². The number of anilines is 1. The average molecular weight is 414 g/mol. The van der Waals surface area contributed by atoms with Crippen molar-refractivity contribution in [2.24, 2.45) is 5.10 Å². The number of benzene rings is 1. The Kier molecular flexibility index (Phi) is 5.09. The number of hydrazone groups is 1. The maximum Gasteiger partial charge on any atom is 0.250 e. The standard InChI is InChI=1S/C16H19N3O4S3/c1-3-26(22,23)19-15(16-5-4-10-24-16)11-14(17-19)12-6-8-13(9-7-12)18-25(2,20)21/h4-10,15,18H,3,11H2,1-2H3/t15-/m0/s1. The van der Waals surface area contributed by atoms with E-state index in [1.54, 1.807) is 31.2 Å². The summed E-state index contributed by atoms with van der Waals surface area (Å²) in [6.45, 7) is 1.60. The lowest BCUT2D eigenvalue weighted by Gasteiger charge is -2.21. The third-order valence-electron chi connectivity index (χ3n) is 3.92. The molecule has 3 rings (SSSR count). The summed E-state index contributed by atoms with van der Waals surface area (Å²) in [5, 5.41) is 6.28. The second kappa shape index (κ2) is 7.01. The number of nitrogens with zero attached hydrogens (tertiary/aromatic N) is 2. The van der Waals surface area contributed by atoms with E-state index in [4.69, 9.17) is 0 Å². The van der Waals surface area contributed by atoms with Crippen LogP contribution in [-0.2, 0) is 20.0 Å². The van der Waals surface area contributed by atoms with Crippen molar-refractivity contribution in [3.05, 3.63) is 52.2 Å². The first-order valence-electron chi connectivity index (χ1n) is 7.91. The van der Waals surface area contributed by atoms with Gasteiger partial charge in [-0.3, -0.25) is 4.72 Å². The molecule has 0 bridgehead atoms. The molecular formula is C16H19N3O4S3. The first-order valence-corrected chi connectivity index (χ1v) is 12.3. The Hall–Kier alpha value is -1.91. The predicted octanol–water partition coefficient (Wildman–Crippen LogP) is 2.62. The van der Waals surface area contributed by atoms with Crippen LogP contribution in [0.25, 0.3) is 0 Å². The van der Waals surface area contributed by atoms with Crippen LogP contribution in [0.15, 0.2) is 46.9 Å². The van der Waals surface area contributed by atoms with Crippen molar-refractivity contribution in [3.8, 4) is 0 Å². The number of hydrogen-bond donors (Lipinski definition) is 1. The first kappa shape index (κ1) is 18.9. The molecule has 26 heavy (non-hydrogen) atoms. The second-order valence-corrected chi connectivity index (χ2v) is 10.7. The summed E-state index contributed by atoms with van der Waals surface area (Å²) < 4.78 is 51.1. The van der Waals surface area contributed by atoms with Gasteiger partial charge in [0.25, 0.3) is 0 Å². The van der Waals surface area contributed by atoms with Crippen molar-refractivity contribution in [1.29, 1.82) is 0 Å². The maximum atomic E-state index is 12.4. The largest absolute Gasteiger partial charge is 0.284 e. The van der Waals surface area contributed by atoms with E-state index in [2.05, 4.69) is 9.82 Å². The van der Waals surface area contributed by atoms with Crippen LogP contribution in [0.1, 0.15) is 29.8 Å². The fourth-order valence-electron chi connectivity index (χ4n) is 2.69. The zero-order chi connectivity index (χ0) is 18.9. The molecule has 1 atom stereocenters. The molecule has 140 valence electrons. The Labute approximate surface area is 157 Å². The molecule has 0 amide bonds. The number of hydrogen-bond acceptors (Lipinski definition) is 6. The van der Waals surface area contributed by atoms with Gasteiger partial charge in [0.05, 0.1) is 17.7 Å². The molecule has 1 aliphatic rings. The highest BCUT2D eigenvalue weighted by molar-refractivity contribution is 7.92. The summed E-state index contributed by atoms with van der Waals surface area (Å²) in [6.07, 6.45) is 1.56. The molecule has 0 unspecified atom stereocenters. The van der Waals surface area contributed by atoms with Gasteiger partial charge in [0.15, 0.2) is 0 Å². The molecule has 0 fully saturated rings. The molecule has 10 heteroatoms. The van der Waals surface area contributed by atoms with Crippen LogP contribution in [0, 0.1) is 0 Å². The van der Waals surface area contributed by atoms with E-state index in [0.717, 1.165) is 16.7 Å². The van der Waals surface area contributed by atoms with Crippen molar-refractivity contribution in [2.45, 2.75) is 19.4 Å². The summed E-state index contributed by atoms with van der Waals surface area (Å²) in [6, 6.07) is 10.2. The molecule has 0 saturated heterocycles. The molecule has 1 aromatic carbocycles. The highest BCUT2D eigenvalue weighted by atomic mass is 32.2. The lowest BCUT2D eigenvalue weighted by Crippen LogP contribution is -2.28. The van der Waals surface area contributed by atoms with Gasteiger partial charge in [0.2, 0.25) is 20.0 Å². The minimum absolute atomic E-state index is 0.0249. The van der Waals surface area contributed by atoms with Crippen molar-refractivity contribution >= 4 is 42.8 Å². The van der Waals surface area contributed by atoms with Gasteiger partial charge in [-0.25, -0.2) is 16.8 Å². The molecule has 0 saturated carbocycles. The smallest absolute Gasteiger partial charge is 0.250 e. The van der Waals surface area contributed by atoms with Crippen molar-refractivity contribution in [3.63, 3.8) is 0 Å². The van der Waals surface area contributed by atoms with E-state index in [9.17, 15) is 16.8 Å². The topological polar surface area (TPSA) is 95.9 Å². The highest BCUT2D eigenvalue weighted by Gasteiger charge is 2.36. The average Bonchev–Trinajstić information content (AvgIpc) is 3.23. The van der Waals surface area contributed by atoms with E-state index >= 15 is 0 Å². The normalized spacial score (nSPS) is 18.0. The quantitative estimate of drug-likeness (QED) is 0.787. The van der Waals surface area contributed by atoms with Gasteiger partial charge in [0, 0.05) is 17.0 Å². The minimum Gasteiger partial charge on any atom is -0.284 e. The van der Waals surface area contributed by atoms with E-state index < -0.39 is 20.0 Å². The van der Waals surface area contributed by atoms with Crippen LogP contribution in [0.5, 0.6) is 0 Å². The third kappa shape index (κ3) is 4.08. The Morgan fingerprint density at radius 3 is 2.42 bits per heavy atom. The summed E-state index contributed by atoms with van der Waals surface area (Å²) in [4.78, 5) is 0.941. The van der Waals surface area contributed by atoms with Crippen molar-refractivity contribution in [1.82, 2.24) is 4.41 Å². The van der Waals surface area contributed by atoms with Crippen molar-refractivity contribution in [2.75, 3.05) is 16.7 Å². The zero-order valence-electron chi connectivity index (χ0n) is 14.3. The SMILES string of the molecule is CCS(=O)(=O)N1N=C(c2ccc(NS(C)(=O)=O)cc2)C[C@H]1c1cccs1. The fourth-order valence-corrected chi connectivity index (χ4v) is 5.20. The van der Waals surface area contributed by atoms with Gasteiger partial charge in [-0.1, -0.05) is 18.2 Å². The summed E-state index contributed by atoms with van der Waals surface area (Å²) in [5.74, 6) is -0.0249. The van der Waals surface area contributed by atoms with Crippen molar-refractivity contribution < 1.29 is 16.8 Å². The summed E-state index contributed by atoms with van der Waals surface area (Å²) >= 11 is 1.50. The van der Waals surface area contributed by atoms with E-state index in [-0.39, 0.29) is 11.8 Å². The molecule has 1 aromatic heterocycles. The van der Waals surface area contributed by atoms with Crippen LogP contribution in [-0.4, -0.2) is 39.0 Å². The van der Waals surface area contributed by atoms with E-state index in [1.165, 1.54) is 15.8 Å². The fraction of sp³-hybridized carbons (Fsp3) is 0.312. The van der Waals surface area contributed by atoms with Gasteiger partial charge >= 0.3 is 0 Å². The number of thiophene rings is 1. The predicted molar refractivity (Wildman–Crippen MR) is 104 cm³/mol. The first-order chi connectivity index (χ1) is 12.2. The Morgan fingerprint density at radius 2 is 1.88 bits per heavy atom. The number of rotatable bonds is 6. The second-order valence-electron chi connectivity index (χ2n) is 5.91. The molecule has 1 aliphatic heterocycles. The number of nitrogens with one attached hydrogen (secondary N) is 1. The molecule has 2 aromatic rings. The third-order valence-corrected chi connectivity index (χ3v) is 7.13. The Bertz CT molecular complexity index is 1010. The van der Waals surface area contributed by atoms with Gasteiger partial charge in [-0.05, 0) is 36.1 Å². The molecule has 7 nitrogen and oxygen atoms in total. The highest BCUT2D eigenvalue weighted by Crippen LogP contribution is 2.37. The molecule has 1 N–H and O–H groups in total. The van der Waals surface area contributed by atoms with Gasteiger partial charge in [-0.2, -0.15) is 9.52 Å². The van der Waals surface area contributed by atoms with Crippen LogP contribution in [0.3, 0.4) is 0 Å². The molecule has 2 heterocycles. The monoisotopic (exact) mass is 413 g/mol. The van der Waals surface area contributed by atoms with Gasteiger partial charge < -0.3 is 0 Å². The van der Waals surface area contributed by atoms with E-state index in [1.807, 2.05) is 17.5 Å². The lowest BCUT2D eigenvalue weighted by atomic mass is 10.0. The minimum atomic E-state index is -3.49. The van der Waals surface area contributed by atoms with Gasteiger partial charge in [-0.15, -0.1) is 11.3 Å². The number of sulfonamides is 2. The van der Waals surface area contributed by atoms with Crippen LogP contribution < -0.4 is 4.72 Å². The maximum absolute atomic E-state index is 12.4. The molecule has 0 aliphatic carbocycles. The van der Waals surface area contributed by atoms with Crippen LogP contribution in [0.4, 0.5) is 5.69 Å². The van der Waals surface area contributed by atoms with Crippen LogP contribution in [0.2, 0.25) is 0 Å². The van der Waals surface area contributed by atoms with E-state index in [0.29, 0.717) is 17.8 Å². The Balaban J connectivity index is 1.91.